The predicted octanol–water partition coefficient (Wildman–Crippen LogP) is 0.622. The van der Waals surface area contributed by atoms with E-state index in [1.807, 2.05) is 20.8 Å². The highest BCUT2D eigenvalue weighted by atomic mass is 16.6. The van der Waals surface area contributed by atoms with Crippen LogP contribution in [0, 0.1) is 0 Å². The van der Waals surface area contributed by atoms with Gasteiger partial charge in [0.15, 0.2) is 0 Å². The summed E-state index contributed by atoms with van der Waals surface area (Å²) in [7, 11) is 0. The number of esters is 1. The zero-order valence-electron chi connectivity index (χ0n) is 10.2. The van der Waals surface area contributed by atoms with Crippen LogP contribution < -0.4 is 5.32 Å². The van der Waals surface area contributed by atoms with E-state index in [4.69, 9.17) is 4.74 Å². The van der Waals surface area contributed by atoms with Crippen molar-refractivity contribution in [2.24, 2.45) is 0 Å². The molecule has 0 unspecified atom stereocenters. The first kappa shape index (κ1) is 12.5. The minimum Gasteiger partial charge on any atom is -0.459 e. The van der Waals surface area contributed by atoms with Gasteiger partial charge in [-0.05, 0) is 27.7 Å². The number of rotatable bonds is 2. The summed E-state index contributed by atoms with van der Waals surface area (Å²) in [5, 5.41) is 3.34. The minimum absolute atomic E-state index is 0.128. The van der Waals surface area contributed by atoms with Crippen LogP contribution in [0.1, 0.15) is 27.7 Å². The van der Waals surface area contributed by atoms with Gasteiger partial charge in [0.1, 0.15) is 5.60 Å². The number of hydrogen-bond donors (Lipinski definition) is 1. The molecular weight excluding hydrogens is 192 g/mol. The summed E-state index contributed by atoms with van der Waals surface area (Å²) >= 11 is 0. The lowest BCUT2D eigenvalue weighted by Gasteiger charge is -2.31. The number of ether oxygens (including phenoxy) is 1. The van der Waals surface area contributed by atoms with E-state index < -0.39 is 0 Å². The number of nitrogens with one attached hydrogen (secondary N) is 1. The molecule has 1 aliphatic heterocycles. The molecule has 0 aromatic heterocycles. The summed E-state index contributed by atoms with van der Waals surface area (Å²) < 4.78 is 5.27. The molecule has 0 bridgehead atoms. The molecule has 0 aliphatic carbocycles. The van der Waals surface area contributed by atoms with Crippen molar-refractivity contribution >= 4 is 5.97 Å². The molecule has 1 fully saturated rings. The third-order valence-corrected chi connectivity index (χ3v) is 2.23. The number of carbonyl (C=O) groups is 1. The lowest BCUT2D eigenvalue weighted by Crippen LogP contribution is -2.51. The molecule has 4 nitrogen and oxygen atoms in total. The van der Waals surface area contributed by atoms with Crippen LogP contribution in [-0.2, 0) is 9.53 Å². The maximum atomic E-state index is 11.5. The van der Waals surface area contributed by atoms with Gasteiger partial charge in [0, 0.05) is 25.7 Å². The number of nitrogens with zero attached hydrogens (tertiary/aromatic N) is 1. The summed E-state index contributed by atoms with van der Waals surface area (Å²) in [4.78, 5) is 13.7. The largest absolute Gasteiger partial charge is 0.459 e. The van der Waals surface area contributed by atoms with Gasteiger partial charge in [-0.15, -0.1) is 0 Å². The minimum atomic E-state index is -0.378. The highest BCUT2D eigenvalue weighted by Gasteiger charge is 2.21. The number of hydrogen-bond acceptors (Lipinski definition) is 4. The van der Waals surface area contributed by atoms with E-state index >= 15 is 0 Å². The highest BCUT2D eigenvalue weighted by molar-refractivity contribution is 5.72. The molecular formula is C11H22N2O2. The maximum absolute atomic E-state index is 11.5. The number of carbonyl (C=O) groups excluding carboxylic acids is 1. The van der Waals surface area contributed by atoms with Crippen molar-refractivity contribution in [3.05, 3.63) is 0 Å². The Kier molecular flexibility index (Phi) is 4.11. The van der Waals surface area contributed by atoms with Crippen LogP contribution in [0.15, 0.2) is 0 Å². The molecule has 0 amide bonds. The molecule has 0 aromatic rings. The van der Waals surface area contributed by atoms with Crippen LogP contribution in [-0.4, -0.2) is 48.7 Å². The van der Waals surface area contributed by atoms with Crippen molar-refractivity contribution in [1.82, 2.24) is 10.2 Å². The molecule has 1 aliphatic rings. The second-order valence-electron chi connectivity index (χ2n) is 5.18. The van der Waals surface area contributed by atoms with Crippen LogP contribution in [0.25, 0.3) is 0 Å². The Hall–Kier alpha value is -0.610. The van der Waals surface area contributed by atoms with Crippen molar-refractivity contribution in [3.8, 4) is 0 Å². The molecule has 88 valence electrons. The Balaban J connectivity index is 2.31. The van der Waals surface area contributed by atoms with E-state index in [1.165, 1.54) is 0 Å². The Morgan fingerprint density at radius 1 is 1.53 bits per heavy atom. The van der Waals surface area contributed by atoms with Gasteiger partial charge >= 0.3 is 5.97 Å². The average Bonchev–Trinajstić information content (AvgIpc) is 1.99. The van der Waals surface area contributed by atoms with Crippen LogP contribution in [0.2, 0.25) is 0 Å². The van der Waals surface area contributed by atoms with Crippen molar-refractivity contribution < 1.29 is 9.53 Å². The normalized spacial score (nSPS) is 23.9. The maximum Gasteiger partial charge on any atom is 0.320 e. The molecule has 1 saturated heterocycles. The summed E-state index contributed by atoms with van der Waals surface area (Å²) in [6, 6.07) is 0.459. The molecule has 0 saturated carbocycles. The second-order valence-corrected chi connectivity index (χ2v) is 5.18. The second kappa shape index (κ2) is 4.94. The third kappa shape index (κ3) is 5.14. The van der Waals surface area contributed by atoms with E-state index in [0.717, 1.165) is 19.6 Å². The fourth-order valence-corrected chi connectivity index (χ4v) is 1.71. The Morgan fingerprint density at radius 3 is 2.73 bits per heavy atom. The van der Waals surface area contributed by atoms with Gasteiger partial charge in [-0.1, -0.05) is 0 Å². The lowest BCUT2D eigenvalue weighted by atomic mass is 10.2. The zero-order chi connectivity index (χ0) is 11.5. The van der Waals surface area contributed by atoms with Gasteiger partial charge in [0.2, 0.25) is 0 Å². The quantitative estimate of drug-likeness (QED) is 0.684. The molecule has 15 heavy (non-hydrogen) atoms. The van der Waals surface area contributed by atoms with Crippen LogP contribution >= 0.6 is 0 Å². The van der Waals surface area contributed by atoms with Crippen LogP contribution in [0.4, 0.5) is 0 Å². The third-order valence-electron chi connectivity index (χ3n) is 2.23. The van der Waals surface area contributed by atoms with Crippen molar-refractivity contribution in [1.29, 1.82) is 0 Å². The molecule has 1 N–H and O–H groups in total. The van der Waals surface area contributed by atoms with E-state index in [9.17, 15) is 4.79 Å². The van der Waals surface area contributed by atoms with E-state index in [0.29, 0.717) is 12.6 Å². The smallest absolute Gasteiger partial charge is 0.320 e. The van der Waals surface area contributed by atoms with Crippen molar-refractivity contribution in [2.45, 2.75) is 39.3 Å². The van der Waals surface area contributed by atoms with Gasteiger partial charge in [-0.3, -0.25) is 9.69 Å². The van der Waals surface area contributed by atoms with Gasteiger partial charge in [0.05, 0.1) is 6.54 Å². The predicted molar refractivity (Wildman–Crippen MR) is 59.7 cm³/mol. The standard InChI is InChI=1S/C11H22N2O2/c1-9-7-13(6-5-12-9)8-10(14)15-11(2,3)4/h9,12H,5-8H2,1-4H3/t9-/m1/s1. The van der Waals surface area contributed by atoms with E-state index in [2.05, 4.69) is 17.1 Å². The average molecular weight is 214 g/mol. The topological polar surface area (TPSA) is 41.6 Å². The van der Waals surface area contributed by atoms with E-state index in [1.54, 1.807) is 0 Å². The first-order valence-corrected chi connectivity index (χ1v) is 5.54. The fourth-order valence-electron chi connectivity index (χ4n) is 1.71. The molecule has 1 heterocycles. The Morgan fingerprint density at radius 2 is 2.20 bits per heavy atom. The number of piperazine rings is 1. The Bertz CT molecular complexity index is 223. The van der Waals surface area contributed by atoms with Crippen molar-refractivity contribution in [3.63, 3.8) is 0 Å². The van der Waals surface area contributed by atoms with Gasteiger partial charge in [0.25, 0.3) is 0 Å². The summed E-state index contributed by atoms with van der Waals surface area (Å²) in [6.07, 6.45) is 0. The summed E-state index contributed by atoms with van der Waals surface area (Å²) in [6.45, 7) is 11.0. The summed E-state index contributed by atoms with van der Waals surface area (Å²) in [5.74, 6) is -0.128. The summed E-state index contributed by atoms with van der Waals surface area (Å²) in [5.41, 5.74) is -0.378. The fraction of sp³-hybridized carbons (Fsp3) is 0.909. The molecule has 0 aromatic carbocycles. The Labute approximate surface area is 92.0 Å². The first-order chi connectivity index (χ1) is 6.87. The van der Waals surface area contributed by atoms with Crippen LogP contribution in [0.5, 0.6) is 0 Å². The molecule has 1 atom stereocenters. The highest BCUT2D eigenvalue weighted by Crippen LogP contribution is 2.08. The lowest BCUT2D eigenvalue weighted by molar-refractivity contribution is -0.156. The van der Waals surface area contributed by atoms with E-state index in [-0.39, 0.29) is 11.6 Å². The van der Waals surface area contributed by atoms with Gasteiger partial charge < -0.3 is 10.1 Å². The van der Waals surface area contributed by atoms with Crippen LogP contribution in [0.3, 0.4) is 0 Å². The molecule has 4 heteroatoms. The first-order valence-electron chi connectivity index (χ1n) is 5.54. The van der Waals surface area contributed by atoms with Crippen molar-refractivity contribution in [2.75, 3.05) is 26.2 Å². The molecule has 1 rings (SSSR count). The molecule has 0 spiro atoms. The van der Waals surface area contributed by atoms with Gasteiger partial charge in [-0.25, -0.2) is 0 Å². The van der Waals surface area contributed by atoms with Gasteiger partial charge in [-0.2, -0.15) is 0 Å². The monoisotopic (exact) mass is 214 g/mol. The molecule has 0 radical (unpaired) electrons. The zero-order valence-corrected chi connectivity index (χ0v) is 10.2. The SMILES string of the molecule is C[C@@H]1CN(CC(=O)OC(C)(C)C)CCN1.